The van der Waals surface area contributed by atoms with Crippen LogP contribution in [0, 0.1) is 0 Å². The number of thiazole rings is 1. The van der Waals surface area contributed by atoms with Crippen molar-refractivity contribution in [1.29, 1.82) is 0 Å². The molecule has 2 aromatic rings. The molecule has 4 nitrogen and oxygen atoms in total. The number of allylic oxidation sites excluding steroid dienone is 2. The number of aliphatic hydroxyl groups is 1. The average molecular weight is 315 g/mol. The van der Waals surface area contributed by atoms with E-state index >= 15 is 0 Å². The van der Waals surface area contributed by atoms with Crippen LogP contribution in [-0.2, 0) is 9.47 Å². The molecule has 1 N–H and O–H groups in total. The second-order valence-electron chi connectivity index (χ2n) is 4.97. The minimum Gasteiger partial charge on any atom is -0.502 e. The molecule has 0 saturated carbocycles. The van der Waals surface area contributed by atoms with Crippen molar-refractivity contribution in [1.82, 2.24) is 4.98 Å². The predicted octanol–water partition coefficient (Wildman–Crippen LogP) is 4.24. The van der Waals surface area contributed by atoms with Crippen molar-refractivity contribution in [3.63, 3.8) is 0 Å². The largest absolute Gasteiger partial charge is 0.502 e. The normalized spacial score (nSPS) is 18.1. The number of aliphatic hydroxyl groups excluding tert-OH is 1. The second kappa shape index (κ2) is 6.23. The molecule has 1 aromatic heterocycles. The first-order valence-electron chi connectivity index (χ1n) is 6.96. The molecule has 0 aliphatic heterocycles. The summed E-state index contributed by atoms with van der Waals surface area (Å²) in [7, 11) is 3.09. The maximum Gasteiger partial charge on any atom is 0.196 e. The average Bonchev–Trinajstić information content (AvgIpc) is 3.06. The van der Waals surface area contributed by atoms with Crippen molar-refractivity contribution in [2.45, 2.75) is 12.3 Å². The zero-order valence-corrected chi connectivity index (χ0v) is 13.3. The fraction of sp³-hybridized carbons (Fsp3) is 0.235. The van der Waals surface area contributed by atoms with Gasteiger partial charge in [-0.05, 0) is 6.08 Å². The number of rotatable bonds is 4. The molecule has 1 aromatic carbocycles. The van der Waals surface area contributed by atoms with Gasteiger partial charge in [0.05, 0.1) is 19.9 Å². The Morgan fingerprint density at radius 3 is 2.64 bits per heavy atom. The van der Waals surface area contributed by atoms with Gasteiger partial charge in [-0.3, -0.25) is 0 Å². The maximum absolute atomic E-state index is 10.0. The molecule has 0 fully saturated rings. The van der Waals surface area contributed by atoms with Crippen LogP contribution in [0.1, 0.15) is 18.0 Å². The number of benzene rings is 1. The number of methoxy groups -OCH3 is 2. The van der Waals surface area contributed by atoms with Crippen LogP contribution in [0.5, 0.6) is 0 Å². The van der Waals surface area contributed by atoms with E-state index in [4.69, 9.17) is 14.5 Å². The Balaban J connectivity index is 1.90. The molecule has 1 aliphatic rings. The van der Waals surface area contributed by atoms with Crippen LogP contribution < -0.4 is 0 Å². The fourth-order valence-corrected chi connectivity index (χ4v) is 3.35. The molecule has 0 radical (unpaired) electrons. The molecule has 1 unspecified atom stereocenters. The molecule has 1 heterocycles. The van der Waals surface area contributed by atoms with Crippen LogP contribution in [0.3, 0.4) is 0 Å². The molecule has 3 rings (SSSR count). The summed E-state index contributed by atoms with van der Waals surface area (Å²) in [5.74, 6) is 1.07. The summed E-state index contributed by atoms with van der Waals surface area (Å²) in [5.41, 5.74) is 2.07. The summed E-state index contributed by atoms with van der Waals surface area (Å²) in [5, 5.41) is 13.1. The first kappa shape index (κ1) is 14.7. The van der Waals surface area contributed by atoms with Gasteiger partial charge in [-0.1, -0.05) is 30.3 Å². The number of hydrogen-bond acceptors (Lipinski definition) is 5. The minimum atomic E-state index is 0.0366. The van der Waals surface area contributed by atoms with Crippen LogP contribution in [0.2, 0.25) is 0 Å². The third-order valence-corrected chi connectivity index (χ3v) is 4.55. The topological polar surface area (TPSA) is 51.6 Å². The zero-order valence-electron chi connectivity index (χ0n) is 12.4. The van der Waals surface area contributed by atoms with Crippen molar-refractivity contribution in [2.75, 3.05) is 14.2 Å². The summed E-state index contributed by atoms with van der Waals surface area (Å²) < 4.78 is 10.5. The van der Waals surface area contributed by atoms with Gasteiger partial charge < -0.3 is 14.6 Å². The van der Waals surface area contributed by atoms with Crippen molar-refractivity contribution in [3.8, 4) is 10.6 Å². The Morgan fingerprint density at radius 2 is 1.95 bits per heavy atom. The van der Waals surface area contributed by atoms with Crippen molar-refractivity contribution in [3.05, 3.63) is 64.8 Å². The van der Waals surface area contributed by atoms with Crippen LogP contribution in [-0.4, -0.2) is 24.3 Å². The molecule has 22 heavy (non-hydrogen) atoms. The number of aromatic nitrogens is 1. The Kier molecular flexibility index (Phi) is 4.15. The van der Waals surface area contributed by atoms with E-state index < -0.39 is 0 Å². The summed E-state index contributed by atoms with van der Waals surface area (Å²) in [6.45, 7) is 0. The van der Waals surface area contributed by atoms with E-state index in [1.165, 1.54) is 7.11 Å². The number of ether oxygens (including phenoxy) is 2. The van der Waals surface area contributed by atoms with Gasteiger partial charge >= 0.3 is 0 Å². The van der Waals surface area contributed by atoms with E-state index in [-0.39, 0.29) is 11.7 Å². The third kappa shape index (κ3) is 2.72. The summed E-state index contributed by atoms with van der Waals surface area (Å²) in [6, 6.07) is 10.1. The lowest BCUT2D eigenvalue weighted by Gasteiger charge is -2.21. The molecule has 0 saturated heterocycles. The van der Waals surface area contributed by atoms with E-state index in [1.54, 1.807) is 18.4 Å². The highest BCUT2D eigenvalue weighted by atomic mass is 32.1. The lowest BCUT2D eigenvalue weighted by atomic mass is 9.95. The van der Waals surface area contributed by atoms with Gasteiger partial charge in [0, 0.05) is 23.3 Å². The molecule has 0 amide bonds. The van der Waals surface area contributed by atoms with E-state index in [9.17, 15) is 5.11 Å². The molecular weight excluding hydrogens is 298 g/mol. The van der Waals surface area contributed by atoms with Crippen LogP contribution in [0.15, 0.2) is 59.1 Å². The SMILES string of the molecule is COC1=CC(c2csc(-c3ccccc3)n2)CC(OC)=C1O. The quantitative estimate of drug-likeness (QED) is 0.916. The number of hydrogen-bond donors (Lipinski definition) is 1. The van der Waals surface area contributed by atoms with Gasteiger partial charge in [0.1, 0.15) is 10.8 Å². The highest BCUT2D eigenvalue weighted by Gasteiger charge is 2.26. The van der Waals surface area contributed by atoms with Gasteiger partial charge in [-0.2, -0.15) is 0 Å². The van der Waals surface area contributed by atoms with Gasteiger partial charge in [0.15, 0.2) is 11.5 Å². The van der Waals surface area contributed by atoms with Gasteiger partial charge in [0.25, 0.3) is 0 Å². The standard InChI is InChI=1S/C17H17NO3S/c1-20-14-8-12(9-15(21-2)16(14)19)13-10-22-17(18-13)11-6-4-3-5-7-11/h3-8,10,12,19H,9H2,1-2H3. The summed E-state index contributed by atoms with van der Waals surface area (Å²) in [4.78, 5) is 4.73. The smallest absolute Gasteiger partial charge is 0.196 e. The highest BCUT2D eigenvalue weighted by Crippen LogP contribution is 2.36. The summed E-state index contributed by atoms with van der Waals surface area (Å²) in [6.07, 6.45) is 2.47. The minimum absolute atomic E-state index is 0.0366. The van der Waals surface area contributed by atoms with E-state index in [0.29, 0.717) is 17.9 Å². The monoisotopic (exact) mass is 315 g/mol. The lowest BCUT2D eigenvalue weighted by molar-refractivity contribution is 0.197. The molecular formula is C17H17NO3S. The first-order chi connectivity index (χ1) is 10.7. The van der Waals surface area contributed by atoms with Gasteiger partial charge in [-0.15, -0.1) is 11.3 Å². The Morgan fingerprint density at radius 1 is 1.18 bits per heavy atom. The number of nitrogens with zero attached hydrogens (tertiary/aromatic N) is 1. The summed E-state index contributed by atoms with van der Waals surface area (Å²) >= 11 is 1.61. The van der Waals surface area contributed by atoms with Gasteiger partial charge in [-0.25, -0.2) is 4.98 Å². The van der Waals surface area contributed by atoms with E-state index in [1.807, 2.05) is 41.8 Å². The van der Waals surface area contributed by atoms with Crippen LogP contribution >= 0.6 is 11.3 Å². The molecule has 0 spiro atoms. The predicted molar refractivity (Wildman–Crippen MR) is 86.7 cm³/mol. The highest BCUT2D eigenvalue weighted by molar-refractivity contribution is 7.13. The van der Waals surface area contributed by atoms with Crippen molar-refractivity contribution >= 4 is 11.3 Å². The van der Waals surface area contributed by atoms with Crippen molar-refractivity contribution in [2.24, 2.45) is 0 Å². The van der Waals surface area contributed by atoms with Crippen molar-refractivity contribution < 1.29 is 14.6 Å². The molecule has 1 atom stereocenters. The molecule has 5 heteroatoms. The van der Waals surface area contributed by atoms with Crippen LogP contribution in [0.25, 0.3) is 10.6 Å². The third-order valence-electron chi connectivity index (χ3n) is 3.64. The second-order valence-corrected chi connectivity index (χ2v) is 5.82. The van der Waals surface area contributed by atoms with E-state index in [2.05, 4.69) is 0 Å². The van der Waals surface area contributed by atoms with E-state index in [0.717, 1.165) is 16.3 Å². The van der Waals surface area contributed by atoms with Crippen LogP contribution in [0.4, 0.5) is 0 Å². The van der Waals surface area contributed by atoms with Gasteiger partial charge in [0.2, 0.25) is 0 Å². The Hall–Kier alpha value is -2.27. The maximum atomic E-state index is 10.0. The fourth-order valence-electron chi connectivity index (χ4n) is 2.46. The Bertz CT molecular complexity index is 719. The lowest BCUT2D eigenvalue weighted by Crippen LogP contribution is -2.11. The molecule has 0 bridgehead atoms. The first-order valence-corrected chi connectivity index (χ1v) is 7.84. The Labute approximate surface area is 133 Å². The molecule has 1 aliphatic carbocycles. The zero-order chi connectivity index (χ0) is 15.5. The molecule has 114 valence electrons.